The van der Waals surface area contributed by atoms with E-state index < -0.39 is 5.60 Å². The van der Waals surface area contributed by atoms with Crippen molar-refractivity contribution in [1.29, 1.82) is 0 Å². The molecule has 2 aromatic carbocycles. The summed E-state index contributed by atoms with van der Waals surface area (Å²) in [6.45, 7) is 8.65. The van der Waals surface area contributed by atoms with Gasteiger partial charge in [0.2, 0.25) is 0 Å². The molecule has 2 N–H and O–H groups in total. The Morgan fingerprint density at radius 3 is 2.60 bits per heavy atom. The molecule has 0 saturated carbocycles. The topological polar surface area (TPSA) is 88.1 Å². The van der Waals surface area contributed by atoms with Crippen molar-refractivity contribution in [2.45, 2.75) is 45.8 Å². The van der Waals surface area contributed by atoms with E-state index in [1.54, 1.807) is 12.7 Å². The van der Waals surface area contributed by atoms with E-state index in [1.165, 1.54) is 16.5 Å². The molecule has 0 spiro atoms. The van der Waals surface area contributed by atoms with Gasteiger partial charge in [0.25, 0.3) is 0 Å². The van der Waals surface area contributed by atoms with Gasteiger partial charge in [0.1, 0.15) is 18.3 Å². The average Bonchev–Trinajstić information content (AvgIpc) is 3.48. The summed E-state index contributed by atoms with van der Waals surface area (Å²) >= 11 is 0. The lowest BCUT2D eigenvalue weighted by Crippen LogP contribution is -2.38. The molecule has 0 aliphatic rings. The standard InChI is InChI=1S/C27H34N6O2/c1-27(2,3)35-26(34)28-13-15-32(18-21-8-5-4-6-9-21)14-7-10-22-17-29-25-12-11-23(16-24(22)25)33-19-30-31-20-33/h4-6,8-9,11-12,16-17,19-20,29H,7,10,13-15,18H2,1-3H3,(H,28,34). The van der Waals surface area contributed by atoms with E-state index in [0.717, 1.165) is 43.7 Å². The molecule has 0 unspecified atom stereocenters. The molecule has 184 valence electrons. The number of aryl methyl sites for hydroxylation is 1. The first-order valence-electron chi connectivity index (χ1n) is 12.1. The molecule has 0 fully saturated rings. The number of amides is 1. The van der Waals surface area contributed by atoms with Gasteiger partial charge in [-0.05, 0) is 69.5 Å². The van der Waals surface area contributed by atoms with Crippen molar-refractivity contribution in [3.05, 3.63) is 78.5 Å². The first-order chi connectivity index (χ1) is 16.9. The van der Waals surface area contributed by atoms with E-state index in [1.807, 2.05) is 31.4 Å². The third-order valence-corrected chi connectivity index (χ3v) is 5.73. The summed E-state index contributed by atoms with van der Waals surface area (Å²) in [7, 11) is 0. The monoisotopic (exact) mass is 474 g/mol. The second-order valence-electron chi connectivity index (χ2n) is 9.71. The summed E-state index contributed by atoms with van der Waals surface area (Å²) < 4.78 is 7.28. The zero-order valence-electron chi connectivity index (χ0n) is 20.7. The van der Waals surface area contributed by atoms with Gasteiger partial charge < -0.3 is 15.0 Å². The molecule has 0 radical (unpaired) electrons. The highest BCUT2D eigenvalue weighted by molar-refractivity contribution is 5.85. The first kappa shape index (κ1) is 24.5. The fourth-order valence-corrected chi connectivity index (χ4v) is 4.10. The normalized spacial score (nSPS) is 11.8. The predicted molar refractivity (Wildman–Crippen MR) is 137 cm³/mol. The Morgan fingerprint density at radius 1 is 1.09 bits per heavy atom. The lowest BCUT2D eigenvalue weighted by atomic mass is 10.1. The van der Waals surface area contributed by atoms with Crippen molar-refractivity contribution >= 4 is 17.0 Å². The molecule has 2 heterocycles. The molecule has 1 amide bonds. The summed E-state index contributed by atoms with van der Waals surface area (Å²) in [5.74, 6) is 0. The van der Waals surface area contributed by atoms with Gasteiger partial charge in [-0.15, -0.1) is 10.2 Å². The van der Waals surface area contributed by atoms with Gasteiger partial charge in [-0.1, -0.05) is 30.3 Å². The van der Waals surface area contributed by atoms with Crippen LogP contribution in [0.15, 0.2) is 67.4 Å². The minimum Gasteiger partial charge on any atom is -0.444 e. The molecule has 0 atom stereocenters. The van der Waals surface area contributed by atoms with Crippen LogP contribution in [0.2, 0.25) is 0 Å². The zero-order chi connectivity index (χ0) is 24.7. The number of ether oxygens (including phenoxy) is 1. The third kappa shape index (κ3) is 7.16. The van der Waals surface area contributed by atoms with Crippen LogP contribution in [-0.2, 0) is 17.7 Å². The van der Waals surface area contributed by atoms with Gasteiger partial charge in [0, 0.05) is 42.4 Å². The highest BCUT2D eigenvalue weighted by atomic mass is 16.6. The summed E-state index contributed by atoms with van der Waals surface area (Å²) in [4.78, 5) is 17.8. The van der Waals surface area contributed by atoms with Crippen LogP contribution in [0.1, 0.15) is 38.3 Å². The summed E-state index contributed by atoms with van der Waals surface area (Å²) in [6, 6.07) is 16.8. The Kier molecular flexibility index (Phi) is 7.82. The fraction of sp³-hybridized carbons (Fsp3) is 0.370. The quantitative estimate of drug-likeness (QED) is 0.348. The number of hydrogen-bond donors (Lipinski definition) is 2. The van der Waals surface area contributed by atoms with Gasteiger partial charge in [0.05, 0.1) is 0 Å². The molecule has 8 nitrogen and oxygen atoms in total. The smallest absolute Gasteiger partial charge is 0.407 e. The molecule has 0 aliphatic carbocycles. The molecule has 8 heteroatoms. The molecule has 35 heavy (non-hydrogen) atoms. The first-order valence-corrected chi connectivity index (χ1v) is 12.1. The van der Waals surface area contributed by atoms with Gasteiger partial charge in [0.15, 0.2) is 0 Å². The molecule has 2 aromatic heterocycles. The van der Waals surface area contributed by atoms with Gasteiger partial charge >= 0.3 is 6.09 Å². The van der Waals surface area contributed by atoms with Crippen LogP contribution in [0.25, 0.3) is 16.6 Å². The Labute approximate surface area is 206 Å². The SMILES string of the molecule is CC(C)(C)OC(=O)NCCN(CCCc1c[nH]c2ccc(-n3cnnc3)cc12)Cc1ccccc1. The molecule has 4 aromatic rings. The van der Waals surface area contributed by atoms with Gasteiger partial charge in [-0.3, -0.25) is 9.47 Å². The highest BCUT2D eigenvalue weighted by Crippen LogP contribution is 2.23. The molecular weight excluding hydrogens is 440 g/mol. The van der Waals surface area contributed by atoms with Gasteiger partial charge in [-0.2, -0.15) is 0 Å². The van der Waals surface area contributed by atoms with Crippen molar-refractivity contribution in [2.75, 3.05) is 19.6 Å². The Morgan fingerprint density at radius 2 is 1.86 bits per heavy atom. The van der Waals surface area contributed by atoms with E-state index in [4.69, 9.17) is 4.74 Å². The maximum absolute atomic E-state index is 12.0. The van der Waals surface area contributed by atoms with Gasteiger partial charge in [-0.25, -0.2) is 4.79 Å². The number of nitrogens with zero attached hydrogens (tertiary/aromatic N) is 4. The van der Waals surface area contributed by atoms with E-state index >= 15 is 0 Å². The van der Waals surface area contributed by atoms with Crippen molar-refractivity contribution < 1.29 is 9.53 Å². The summed E-state index contributed by atoms with van der Waals surface area (Å²) in [6.07, 6.45) is 7.10. The van der Waals surface area contributed by atoms with E-state index in [9.17, 15) is 4.79 Å². The number of rotatable bonds is 10. The summed E-state index contributed by atoms with van der Waals surface area (Å²) in [5, 5.41) is 11.9. The minimum atomic E-state index is -0.499. The number of aromatic nitrogens is 4. The van der Waals surface area contributed by atoms with Crippen LogP contribution in [0.5, 0.6) is 0 Å². The van der Waals surface area contributed by atoms with Crippen molar-refractivity contribution in [1.82, 2.24) is 30.0 Å². The number of hydrogen-bond acceptors (Lipinski definition) is 5. The Hall–Kier alpha value is -3.65. The largest absolute Gasteiger partial charge is 0.444 e. The molecule has 4 rings (SSSR count). The lowest BCUT2D eigenvalue weighted by Gasteiger charge is -2.24. The fourth-order valence-electron chi connectivity index (χ4n) is 4.10. The number of H-pyrrole nitrogens is 1. The number of nitrogens with one attached hydrogen (secondary N) is 2. The van der Waals surface area contributed by atoms with E-state index in [0.29, 0.717) is 6.54 Å². The van der Waals surface area contributed by atoms with E-state index in [-0.39, 0.29) is 6.09 Å². The number of fused-ring (bicyclic) bond motifs is 1. The van der Waals surface area contributed by atoms with Crippen LogP contribution in [0.4, 0.5) is 4.79 Å². The molecule has 0 bridgehead atoms. The number of carbonyl (C=O) groups excluding carboxylic acids is 1. The maximum Gasteiger partial charge on any atom is 0.407 e. The minimum absolute atomic E-state index is 0.375. The molecular formula is C27H34N6O2. The average molecular weight is 475 g/mol. The molecule has 0 aliphatic heterocycles. The third-order valence-electron chi connectivity index (χ3n) is 5.73. The van der Waals surface area contributed by atoms with Crippen LogP contribution in [-0.4, -0.2) is 56.0 Å². The Balaban J connectivity index is 1.36. The number of alkyl carbamates (subject to hydrolysis) is 1. The maximum atomic E-state index is 12.0. The van der Waals surface area contributed by atoms with Crippen molar-refractivity contribution in [2.24, 2.45) is 0 Å². The van der Waals surface area contributed by atoms with Crippen molar-refractivity contribution in [3.8, 4) is 5.69 Å². The van der Waals surface area contributed by atoms with Crippen LogP contribution in [0, 0.1) is 0 Å². The van der Waals surface area contributed by atoms with Crippen LogP contribution >= 0.6 is 0 Å². The second-order valence-corrected chi connectivity index (χ2v) is 9.71. The van der Waals surface area contributed by atoms with Crippen LogP contribution < -0.4 is 5.32 Å². The lowest BCUT2D eigenvalue weighted by molar-refractivity contribution is 0.0521. The predicted octanol–water partition coefficient (Wildman–Crippen LogP) is 4.71. The second kappa shape index (κ2) is 11.2. The highest BCUT2D eigenvalue weighted by Gasteiger charge is 2.16. The summed E-state index contributed by atoms with van der Waals surface area (Å²) in [5.41, 5.74) is 4.22. The number of benzene rings is 2. The number of carbonyl (C=O) groups is 1. The molecule has 0 saturated heterocycles. The van der Waals surface area contributed by atoms with Crippen molar-refractivity contribution in [3.63, 3.8) is 0 Å². The zero-order valence-corrected chi connectivity index (χ0v) is 20.7. The van der Waals surface area contributed by atoms with Crippen LogP contribution in [0.3, 0.4) is 0 Å². The number of aromatic amines is 1. The Bertz CT molecular complexity index is 1210. The van der Waals surface area contributed by atoms with E-state index in [2.05, 4.69) is 74.1 Å².